The first-order chi connectivity index (χ1) is 12.4. The molecule has 0 amide bonds. The van der Waals surface area contributed by atoms with Gasteiger partial charge in [0.05, 0.1) is 0 Å². The number of rotatable bonds is 4. The Bertz CT molecular complexity index is 1010. The van der Waals surface area contributed by atoms with Gasteiger partial charge >= 0.3 is 0 Å². The number of nitrogens with zero attached hydrogens (tertiary/aromatic N) is 1. The van der Waals surface area contributed by atoms with Gasteiger partial charge in [0.15, 0.2) is 0 Å². The van der Waals surface area contributed by atoms with E-state index in [1.54, 1.807) is 0 Å². The first kappa shape index (κ1) is 17.7. The quantitative estimate of drug-likeness (QED) is 0.648. The van der Waals surface area contributed by atoms with Crippen LogP contribution in [0, 0.1) is 30.2 Å². The molecule has 0 unspecified atom stereocenters. The summed E-state index contributed by atoms with van der Waals surface area (Å²) in [5.74, 6) is -3.14. The van der Waals surface area contributed by atoms with Crippen molar-refractivity contribution in [2.24, 2.45) is 0 Å². The number of aromatic nitrogens is 1. The van der Waals surface area contributed by atoms with Gasteiger partial charge in [-0.25, -0.2) is 17.6 Å². The van der Waals surface area contributed by atoms with Crippen LogP contribution in [0.1, 0.15) is 11.3 Å². The van der Waals surface area contributed by atoms with Crippen molar-refractivity contribution in [1.29, 1.82) is 0 Å². The smallest absolute Gasteiger partial charge is 0.259 e. The summed E-state index contributed by atoms with van der Waals surface area (Å²) >= 11 is 0. The largest absolute Gasteiger partial charge is 0.489 e. The van der Waals surface area contributed by atoms with Gasteiger partial charge in [-0.2, -0.15) is 0 Å². The van der Waals surface area contributed by atoms with Crippen LogP contribution in [-0.2, 0) is 6.61 Å². The highest BCUT2D eigenvalue weighted by molar-refractivity contribution is 5.39. The van der Waals surface area contributed by atoms with Crippen LogP contribution in [0.25, 0.3) is 5.69 Å². The molecule has 3 rings (SSSR count). The molecule has 26 heavy (non-hydrogen) atoms. The molecular weight excluding hydrogens is 350 g/mol. The van der Waals surface area contributed by atoms with E-state index in [0.29, 0.717) is 0 Å². The molecule has 1 aromatic heterocycles. The lowest BCUT2D eigenvalue weighted by Crippen LogP contribution is -2.22. The first-order valence-corrected chi connectivity index (χ1v) is 7.61. The molecular formula is C19H13F4NO2. The van der Waals surface area contributed by atoms with Crippen LogP contribution in [0.15, 0.2) is 53.3 Å². The third-order valence-corrected chi connectivity index (χ3v) is 3.76. The lowest BCUT2D eigenvalue weighted by molar-refractivity contribution is 0.298. The maximum atomic E-state index is 13.9. The Labute approximate surface area is 146 Å². The van der Waals surface area contributed by atoms with E-state index in [9.17, 15) is 22.4 Å². The Kier molecular flexibility index (Phi) is 4.79. The SMILES string of the molecule is Cc1cc(OCc2ccc(F)cc2F)cc(=O)n1-c1c(F)cccc1F. The predicted octanol–water partition coefficient (Wildman–Crippen LogP) is 4.28. The topological polar surface area (TPSA) is 31.2 Å². The van der Waals surface area contributed by atoms with Crippen molar-refractivity contribution in [2.75, 3.05) is 0 Å². The summed E-state index contributed by atoms with van der Waals surface area (Å²) in [6.45, 7) is 1.25. The number of hydrogen-bond acceptors (Lipinski definition) is 2. The third-order valence-electron chi connectivity index (χ3n) is 3.76. The molecule has 0 bridgehead atoms. The Morgan fingerprint density at radius 1 is 0.923 bits per heavy atom. The molecule has 0 N–H and O–H groups in total. The number of para-hydroxylation sites is 1. The maximum absolute atomic E-state index is 13.9. The minimum absolute atomic E-state index is 0.101. The van der Waals surface area contributed by atoms with Gasteiger partial charge in [0.2, 0.25) is 0 Å². The second kappa shape index (κ2) is 7.03. The molecule has 0 radical (unpaired) electrons. The number of aryl methyl sites for hydroxylation is 1. The monoisotopic (exact) mass is 363 g/mol. The molecule has 7 heteroatoms. The summed E-state index contributed by atoms with van der Waals surface area (Å²) in [6, 6.07) is 8.78. The molecule has 0 saturated carbocycles. The Hall–Kier alpha value is -3.09. The molecule has 2 aromatic carbocycles. The van der Waals surface area contributed by atoms with Crippen LogP contribution in [0.2, 0.25) is 0 Å². The fourth-order valence-electron chi connectivity index (χ4n) is 2.54. The van der Waals surface area contributed by atoms with E-state index in [2.05, 4.69) is 0 Å². The summed E-state index contributed by atoms with van der Waals surface area (Å²) in [5, 5.41) is 0. The van der Waals surface area contributed by atoms with E-state index in [-0.39, 0.29) is 23.6 Å². The molecule has 0 aliphatic rings. The van der Waals surface area contributed by atoms with E-state index < -0.39 is 34.5 Å². The maximum Gasteiger partial charge on any atom is 0.259 e. The fraction of sp³-hybridized carbons (Fsp3) is 0.105. The Balaban J connectivity index is 1.92. The zero-order valence-corrected chi connectivity index (χ0v) is 13.6. The van der Waals surface area contributed by atoms with E-state index in [0.717, 1.165) is 34.9 Å². The molecule has 0 fully saturated rings. The number of ether oxygens (including phenoxy) is 1. The van der Waals surface area contributed by atoms with Gasteiger partial charge in [0.25, 0.3) is 5.56 Å². The van der Waals surface area contributed by atoms with Gasteiger partial charge < -0.3 is 4.74 Å². The summed E-state index contributed by atoms with van der Waals surface area (Å²) in [7, 11) is 0. The van der Waals surface area contributed by atoms with Crippen LogP contribution in [0.3, 0.4) is 0 Å². The van der Waals surface area contributed by atoms with E-state index in [1.165, 1.54) is 25.1 Å². The highest BCUT2D eigenvalue weighted by Crippen LogP contribution is 2.20. The van der Waals surface area contributed by atoms with Gasteiger partial charge in [-0.15, -0.1) is 0 Å². The molecule has 134 valence electrons. The van der Waals surface area contributed by atoms with Gasteiger partial charge in [0, 0.05) is 29.5 Å². The second-order valence-corrected chi connectivity index (χ2v) is 5.60. The van der Waals surface area contributed by atoms with Crippen LogP contribution in [0.5, 0.6) is 5.75 Å². The normalized spacial score (nSPS) is 10.8. The molecule has 0 spiro atoms. The zero-order valence-electron chi connectivity index (χ0n) is 13.6. The van der Waals surface area contributed by atoms with Crippen LogP contribution in [0.4, 0.5) is 17.6 Å². The van der Waals surface area contributed by atoms with Crippen molar-refractivity contribution in [3.8, 4) is 11.4 Å². The minimum atomic E-state index is -0.878. The van der Waals surface area contributed by atoms with Crippen molar-refractivity contribution >= 4 is 0 Å². The van der Waals surface area contributed by atoms with E-state index in [1.807, 2.05) is 0 Å². The van der Waals surface area contributed by atoms with Crippen molar-refractivity contribution in [1.82, 2.24) is 4.57 Å². The highest BCUT2D eigenvalue weighted by Gasteiger charge is 2.15. The molecule has 0 aliphatic heterocycles. The third kappa shape index (κ3) is 3.46. The van der Waals surface area contributed by atoms with Crippen molar-refractivity contribution in [2.45, 2.75) is 13.5 Å². The molecule has 1 heterocycles. The van der Waals surface area contributed by atoms with E-state index >= 15 is 0 Å². The molecule has 3 aromatic rings. The average Bonchev–Trinajstić information content (AvgIpc) is 2.56. The standard InChI is InChI=1S/C19H13F4NO2/c1-11-7-14(26-10-12-5-6-13(20)8-17(12)23)9-18(25)24(11)19-15(21)3-2-4-16(19)22/h2-9H,10H2,1H3. The Morgan fingerprint density at radius 2 is 1.62 bits per heavy atom. The summed E-state index contributed by atoms with van der Waals surface area (Å²) in [6.07, 6.45) is 0. The molecule has 0 atom stereocenters. The van der Waals surface area contributed by atoms with Crippen LogP contribution >= 0.6 is 0 Å². The van der Waals surface area contributed by atoms with Gasteiger partial charge in [-0.3, -0.25) is 9.36 Å². The fourth-order valence-corrected chi connectivity index (χ4v) is 2.54. The predicted molar refractivity (Wildman–Crippen MR) is 87.4 cm³/mol. The van der Waals surface area contributed by atoms with Crippen molar-refractivity contribution in [3.63, 3.8) is 0 Å². The zero-order chi connectivity index (χ0) is 18.8. The van der Waals surface area contributed by atoms with Crippen LogP contribution in [-0.4, -0.2) is 4.57 Å². The van der Waals surface area contributed by atoms with Gasteiger partial charge in [-0.05, 0) is 31.2 Å². The summed E-state index contributed by atoms with van der Waals surface area (Å²) in [5.41, 5.74) is -0.848. The number of hydrogen-bond donors (Lipinski definition) is 0. The summed E-state index contributed by atoms with van der Waals surface area (Å²) in [4.78, 5) is 12.3. The first-order valence-electron chi connectivity index (χ1n) is 7.61. The van der Waals surface area contributed by atoms with Crippen molar-refractivity contribution in [3.05, 3.63) is 93.4 Å². The number of benzene rings is 2. The number of halogens is 4. The molecule has 0 aliphatic carbocycles. The second-order valence-electron chi connectivity index (χ2n) is 5.60. The minimum Gasteiger partial charge on any atom is -0.489 e. The average molecular weight is 363 g/mol. The highest BCUT2D eigenvalue weighted by atomic mass is 19.1. The van der Waals surface area contributed by atoms with E-state index in [4.69, 9.17) is 4.74 Å². The molecule has 0 saturated heterocycles. The number of pyridine rings is 1. The van der Waals surface area contributed by atoms with Gasteiger partial charge in [0.1, 0.15) is 41.3 Å². The van der Waals surface area contributed by atoms with Crippen molar-refractivity contribution < 1.29 is 22.3 Å². The molecule has 3 nitrogen and oxygen atoms in total. The lowest BCUT2D eigenvalue weighted by atomic mass is 10.2. The van der Waals surface area contributed by atoms with Crippen LogP contribution < -0.4 is 10.3 Å². The summed E-state index contributed by atoms with van der Waals surface area (Å²) < 4.78 is 60.6. The Morgan fingerprint density at radius 3 is 2.23 bits per heavy atom. The van der Waals surface area contributed by atoms with Gasteiger partial charge in [-0.1, -0.05) is 6.07 Å². The lowest BCUT2D eigenvalue weighted by Gasteiger charge is -2.14.